The number of fused-ring (bicyclic) bond motifs is 1. The largest absolute Gasteiger partial charge is 0.483 e. The summed E-state index contributed by atoms with van der Waals surface area (Å²) in [6, 6.07) is 27.2. The maximum Gasteiger partial charge on any atom is 0.188 e. The van der Waals surface area contributed by atoms with Gasteiger partial charge in [0.1, 0.15) is 16.2 Å². The molecule has 0 aromatic heterocycles. The van der Waals surface area contributed by atoms with Gasteiger partial charge in [-0.05, 0) is 23.3 Å². The fraction of sp³-hybridized carbons (Fsp3) is 0.136. The van der Waals surface area contributed by atoms with Crippen LogP contribution in [0.5, 0.6) is 5.75 Å². The van der Waals surface area contributed by atoms with Gasteiger partial charge in [-0.25, -0.2) is 0 Å². The number of halogens is 2. The third-order valence-electron chi connectivity index (χ3n) is 4.67. The van der Waals surface area contributed by atoms with E-state index in [0.29, 0.717) is 11.3 Å². The van der Waals surface area contributed by atoms with Crippen molar-refractivity contribution in [1.29, 1.82) is 0 Å². The lowest BCUT2D eigenvalue weighted by atomic mass is 9.81. The first-order valence-electron chi connectivity index (χ1n) is 8.35. The van der Waals surface area contributed by atoms with Gasteiger partial charge in [0.25, 0.3) is 0 Å². The molecule has 0 bridgehead atoms. The summed E-state index contributed by atoms with van der Waals surface area (Å²) >= 11 is 7.60. The molecule has 4 rings (SSSR count). The fourth-order valence-electron chi connectivity index (χ4n) is 3.35. The number of hydrogen-bond acceptors (Lipinski definition) is 2. The summed E-state index contributed by atoms with van der Waals surface area (Å²) in [5.41, 5.74) is 2.56. The lowest BCUT2D eigenvalue weighted by Crippen LogP contribution is -2.47. The fourth-order valence-corrected chi connectivity index (χ4v) is 4.94. The third-order valence-corrected chi connectivity index (χ3v) is 7.77. The Labute approximate surface area is 169 Å². The molecule has 0 spiro atoms. The Morgan fingerprint density at radius 2 is 1.42 bits per heavy atom. The monoisotopic (exact) mass is 470 g/mol. The summed E-state index contributed by atoms with van der Waals surface area (Å²) in [4.78, 5) is 13.3. The van der Waals surface area contributed by atoms with Crippen LogP contribution in [-0.4, -0.2) is 10.1 Å². The highest BCUT2D eigenvalue weighted by atomic mass is 79.9. The number of para-hydroxylation sites is 1. The van der Waals surface area contributed by atoms with Gasteiger partial charge in [-0.1, -0.05) is 105 Å². The predicted octanol–water partition coefficient (Wildman–Crippen LogP) is 6.27. The summed E-state index contributed by atoms with van der Waals surface area (Å²) in [5.74, 6) is 0.633. The Balaban J connectivity index is 1.89. The van der Waals surface area contributed by atoms with Gasteiger partial charge in [-0.15, -0.1) is 0 Å². The molecule has 0 saturated heterocycles. The van der Waals surface area contributed by atoms with Gasteiger partial charge in [0, 0.05) is 0 Å². The van der Waals surface area contributed by atoms with Crippen LogP contribution in [0.15, 0.2) is 84.9 Å². The molecular weight excluding hydrogens is 456 g/mol. The quantitative estimate of drug-likeness (QED) is 0.420. The molecule has 0 radical (unpaired) electrons. The van der Waals surface area contributed by atoms with Gasteiger partial charge < -0.3 is 4.74 Å². The zero-order valence-electron chi connectivity index (χ0n) is 13.8. The normalized spacial score (nSPS) is 23.0. The molecule has 2 nitrogen and oxygen atoms in total. The molecule has 0 amide bonds. The minimum atomic E-state index is -0.968. The molecule has 0 aliphatic carbocycles. The smallest absolute Gasteiger partial charge is 0.188 e. The van der Waals surface area contributed by atoms with Crippen LogP contribution in [0.3, 0.4) is 0 Å². The van der Waals surface area contributed by atoms with Crippen molar-refractivity contribution in [2.24, 2.45) is 0 Å². The maximum atomic E-state index is 13.6. The van der Waals surface area contributed by atoms with E-state index in [9.17, 15) is 4.79 Å². The Hall–Kier alpha value is -1.91. The SMILES string of the molecule is O=C1c2ccccc2O[C@H](c2ccccc2)[C@@]1(Br)[C@H](Br)c1ccccc1. The van der Waals surface area contributed by atoms with Crippen molar-refractivity contribution in [1.82, 2.24) is 0 Å². The van der Waals surface area contributed by atoms with Crippen molar-refractivity contribution in [2.45, 2.75) is 15.3 Å². The van der Waals surface area contributed by atoms with E-state index in [0.717, 1.165) is 11.1 Å². The predicted molar refractivity (Wildman–Crippen MR) is 110 cm³/mol. The second kappa shape index (κ2) is 7.01. The molecule has 26 heavy (non-hydrogen) atoms. The number of hydrogen-bond donors (Lipinski definition) is 0. The van der Waals surface area contributed by atoms with Crippen LogP contribution in [0.4, 0.5) is 0 Å². The average Bonchev–Trinajstić information content (AvgIpc) is 2.71. The van der Waals surface area contributed by atoms with E-state index in [-0.39, 0.29) is 10.6 Å². The standard InChI is InChI=1S/C22H16Br2O2/c23-19(15-9-3-1-4-10-15)22(24)20(25)17-13-7-8-14-18(17)26-21(22)16-11-5-2-6-12-16/h1-14,19,21H/t19-,21-,22-/m1/s1. The summed E-state index contributed by atoms with van der Waals surface area (Å²) in [6.45, 7) is 0. The first-order valence-corrected chi connectivity index (χ1v) is 10.1. The van der Waals surface area contributed by atoms with Crippen molar-refractivity contribution >= 4 is 37.6 Å². The second-order valence-electron chi connectivity index (χ2n) is 6.28. The van der Waals surface area contributed by atoms with Crippen LogP contribution in [-0.2, 0) is 0 Å². The van der Waals surface area contributed by atoms with Crippen LogP contribution in [0.2, 0.25) is 0 Å². The summed E-state index contributed by atoms with van der Waals surface area (Å²) in [6.07, 6.45) is -0.462. The number of benzene rings is 3. The van der Waals surface area contributed by atoms with Gasteiger partial charge in [-0.3, -0.25) is 4.79 Å². The highest BCUT2D eigenvalue weighted by molar-refractivity contribution is 9.12. The van der Waals surface area contributed by atoms with Crippen LogP contribution in [0.1, 0.15) is 32.4 Å². The number of ketones is 1. The second-order valence-corrected chi connectivity index (χ2v) is 8.50. The van der Waals surface area contributed by atoms with Crippen molar-refractivity contribution in [3.8, 4) is 5.75 Å². The maximum absolute atomic E-state index is 13.6. The molecule has 0 N–H and O–H groups in total. The molecule has 0 fully saturated rings. The van der Waals surface area contributed by atoms with Gasteiger partial charge in [0.05, 0.1) is 10.4 Å². The molecule has 1 heterocycles. The van der Waals surface area contributed by atoms with Crippen molar-refractivity contribution < 1.29 is 9.53 Å². The van der Waals surface area contributed by atoms with E-state index in [4.69, 9.17) is 4.74 Å². The Morgan fingerprint density at radius 3 is 2.12 bits per heavy atom. The summed E-state index contributed by atoms with van der Waals surface area (Å²) < 4.78 is 5.38. The van der Waals surface area contributed by atoms with E-state index >= 15 is 0 Å². The number of rotatable bonds is 3. The molecule has 3 aromatic carbocycles. The van der Waals surface area contributed by atoms with E-state index in [1.54, 1.807) is 0 Å². The molecule has 3 atom stereocenters. The number of alkyl halides is 2. The van der Waals surface area contributed by atoms with Crippen molar-refractivity contribution in [2.75, 3.05) is 0 Å². The zero-order valence-corrected chi connectivity index (χ0v) is 17.0. The van der Waals surface area contributed by atoms with E-state index in [2.05, 4.69) is 31.9 Å². The van der Waals surface area contributed by atoms with E-state index in [1.165, 1.54) is 0 Å². The van der Waals surface area contributed by atoms with Crippen LogP contribution >= 0.6 is 31.9 Å². The Morgan fingerprint density at radius 1 is 0.846 bits per heavy atom. The number of carbonyl (C=O) groups is 1. The molecule has 4 heteroatoms. The summed E-state index contributed by atoms with van der Waals surface area (Å²) in [5, 5.41) is 0. The minimum absolute atomic E-state index is 0.0129. The number of carbonyl (C=O) groups excluding carboxylic acids is 1. The molecule has 130 valence electrons. The highest BCUT2D eigenvalue weighted by Gasteiger charge is 2.55. The molecule has 1 aliphatic heterocycles. The lowest BCUT2D eigenvalue weighted by Gasteiger charge is -2.42. The number of Topliss-reactive ketones (excluding diaryl/α,β-unsaturated/α-hetero) is 1. The average molecular weight is 472 g/mol. The Bertz CT molecular complexity index is 927. The topological polar surface area (TPSA) is 26.3 Å². The highest BCUT2D eigenvalue weighted by Crippen LogP contribution is 2.55. The summed E-state index contributed by atoms with van der Waals surface area (Å²) in [7, 11) is 0. The van der Waals surface area contributed by atoms with Crippen LogP contribution < -0.4 is 4.74 Å². The van der Waals surface area contributed by atoms with Gasteiger partial charge >= 0.3 is 0 Å². The van der Waals surface area contributed by atoms with Crippen molar-refractivity contribution in [3.63, 3.8) is 0 Å². The molecule has 1 aliphatic rings. The molecule has 3 aromatic rings. The van der Waals surface area contributed by atoms with Crippen molar-refractivity contribution in [3.05, 3.63) is 102 Å². The third kappa shape index (κ3) is 2.81. The minimum Gasteiger partial charge on any atom is -0.483 e. The number of ether oxygens (including phenoxy) is 1. The van der Waals surface area contributed by atoms with Crippen LogP contribution in [0.25, 0.3) is 0 Å². The van der Waals surface area contributed by atoms with Gasteiger partial charge in [-0.2, -0.15) is 0 Å². The van der Waals surface area contributed by atoms with Gasteiger partial charge in [0.15, 0.2) is 5.78 Å². The van der Waals surface area contributed by atoms with Crippen LogP contribution in [0, 0.1) is 0 Å². The molecular formula is C22H16Br2O2. The van der Waals surface area contributed by atoms with Gasteiger partial charge in [0.2, 0.25) is 0 Å². The Kier molecular flexibility index (Phi) is 4.72. The molecule has 0 unspecified atom stereocenters. The first-order chi connectivity index (χ1) is 12.6. The van der Waals surface area contributed by atoms with E-state index in [1.807, 2.05) is 84.9 Å². The zero-order chi connectivity index (χ0) is 18.1. The van der Waals surface area contributed by atoms with E-state index < -0.39 is 10.4 Å². The lowest BCUT2D eigenvalue weighted by molar-refractivity contribution is 0.0739. The first kappa shape index (κ1) is 17.5. The molecule has 0 saturated carbocycles.